The zero-order chi connectivity index (χ0) is 17.8. The summed E-state index contributed by atoms with van der Waals surface area (Å²) in [5.41, 5.74) is 0.973. The zero-order valence-electron chi connectivity index (χ0n) is 13.6. The van der Waals surface area contributed by atoms with Crippen molar-refractivity contribution in [2.45, 2.75) is 12.8 Å². The third kappa shape index (κ3) is 4.16. The minimum atomic E-state index is -0.405. The van der Waals surface area contributed by atoms with Crippen LogP contribution in [-0.4, -0.2) is 35.7 Å². The Morgan fingerprint density at radius 3 is 2.80 bits per heavy atom. The number of carbonyl (C=O) groups excluding carboxylic acids is 1. The van der Waals surface area contributed by atoms with Crippen LogP contribution in [0.2, 0.25) is 0 Å². The molecule has 1 aromatic heterocycles. The predicted molar refractivity (Wildman–Crippen MR) is 98.3 cm³/mol. The number of rotatable bonds is 4. The Kier molecular flexibility index (Phi) is 5.65. The topological polar surface area (TPSA) is 65.5 Å². The van der Waals surface area contributed by atoms with Gasteiger partial charge in [0.05, 0.1) is 11.3 Å². The van der Waals surface area contributed by atoms with Gasteiger partial charge in [-0.15, -0.1) is 0 Å². The predicted octanol–water partition coefficient (Wildman–Crippen LogP) is 3.44. The third-order valence-electron chi connectivity index (χ3n) is 4.38. The maximum absolute atomic E-state index is 13.2. The van der Waals surface area contributed by atoms with Crippen molar-refractivity contribution < 1.29 is 14.3 Å². The van der Waals surface area contributed by atoms with Crippen molar-refractivity contribution in [2.24, 2.45) is 5.92 Å². The Bertz CT molecular complexity index is 764. The van der Waals surface area contributed by atoms with E-state index in [9.17, 15) is 14.3 Å². The molecular weight excluding hydrogens is 389 g/mol. The Hall–Kier alpha value is -1.99. The van der Waals surface area contributed by atoms with E-state index in [4.69, 9.17) is 0 Å². The summed E-state index contributed by atoms with van der Waals surface area (Å²) in [4.78, 5) is 19.1. The Labute approximate surface area is 154 Å². The molecule has 0 bridgehead atoms. The molecule has 0 spiro atoms. The number of aliphatic hydroxyl groups excluding tert-OH is 1. The van der Waals surface area contributed by atoms with E-state index in [0.717, 1.165) is 25.9 Å². The lowest BCUT2D eigenvalue weighted by molar-refractivity contribution is 0.102. The lowest BCUT2D eigenvalue weighted by atomic mass is 9.98. The molecule has 7 heteroatoms. The summed E-state index contributed by atoms with van der Waals surface area (Å²) in [5.74, 6) is 0.308. The molecule has 2 aromatic rings. The number of nitrogens with one attached hydrogen (secondary N) is 1. The highest BCUT2D eigenvalue weighted by molar-refractivity contribution is 9.10. The van der Waals surface area contributed by atoms with Crippen LogP contribution in [0.25, 0.3) is 0 Å². The molecule has 0 saturated carbocycles. The van der Waals surface area contributed by atoms with Gasteiger partial charge in [-0.25, -0.2) is 9.37 Å². The summed E-state index contributed by atoms with van der Waals surface area (Å²) in [5, 5.41) is 12.1. The van der Waals surface area contributed by atoms with E-state index in [0.29, 0.717) is 27.5 Å². The summed E-state index contributed by atoms with van der Waals surface area (Å²) >= 11 is 3.22. The molecular formula is C18H19BrFN3O2. The molecule has 2 N–H and O–H groups in total. The SMILES string of the molecule is O=C(Nc1cccnc1N1CCC(CO)CC1)c1ccc(F)cc1Br. The number of hydrogen-bond donors (Lipinski definition) is 2. The van der Waals surface area contributed by atoms with Crippen molar-refractivity contribution in [1.82, 2.24) is 4.98 Å². The highest BCUT2D eigenvalue weighted by Gasteiger charge is 2.22. The van der Waals surface area contributed by atoms with Gasteiger partial charge in [0.2, 0.25) is 0 Å². The van der Waals surface area contributed by atoms with Gasteiger partial charge >= 0.3 is 0 Å². The zero-order valence-corrected chi connectivity index (χ0v) is 15.2. The molecule has 25 heavy (non-hydrogen) atoms. The van der Waals surface area contributed by atoms with Crippen molar-refractivity contribution in [3.05, 3.63) is 52.4 Å². The summed E-state index contributed by atoms with van der Waals surface area (Å²) < 4.78 is 13.6. The second-order valence-electron chi connectivity index (χ2n) is 6.07. The average Bonchev–Trinajstić information content (AvgIpc) is 2.62. The van der Waals surface area contributed by atoms with E-state index in [1.807, 2.05) is 0 Å². The minimum absolute atomic E-state index is 0.207. The summed E-state index contributed by atoms with van der Waals surface area (Å²) in [7, 11) is 0. The first-order chi connectivity index (χ1) is 12.1. The van der Waals surface area contributed by atoms with E-state index in [1.165, 1.54) is 18.2 Å². The van der Waals surface area contributed by atoms with Crippen molar-refractivity contribution in [3.63, 3.8) is 0 Å². The molecule has 1 aliphatic heterocycles. The molecule has 1 aliphatic rings. The molecule has 1 aromatic carbocycles. The van der Waals surface area contributed by atoms with Gasteiger partial charge in [0, 0.05) is 30.4 Å². The number of pyridine rings is 1. The fourth-order valence-corrected chi connectivity index (χ4v) is 3.47. The maximum Gasteiger partial charge on any atom is 0.256 e. The number of aliphatic hydroxyl groups is 1. The highest BCUT2D eigenvalue weighted by atomic mass is 79.9. The van der Waals surface area contributed by atoms with Gasteiger partial charge in [-0.3, -0.25) is 4.79 Å². The van der Waals surface area contributed by atoms with Gasteiger partial charge < -0.3 is 15.3 Å². The minimum Gasteiger partial charge on any atom is -0.396 e. The van der Waals surface area contributed by atoms with E-state index in [1.54, 1.807) is 18.3 Å². The number of anilines is 2. The number of hydrogen-bond acceptors (Lipinski definition) is 4. The van der Waals surface area contributed by atoms with Crippen LogP contribution in [0.15, 0.2) is 41.0 Å². The quantitative estimate of drug-likeness (QED) is 0.814. The van der Waals surface area contributed by atoms with E-state index < -0.39 is 5.82 Å². The van der Waals surface area contributed by atoms with Gasteiger partial charge in [-0.2, -0.15) is 0 Å². The van der Waals surface area contributed by atoms with Crippen molar-refractivity contribution in [2.75, 3.05) is 29.9 Å². The first-order valence-corrected chi connectivity index (χ1v) is 8.95. The van der Waals surface area contributed by atoms with Gasteiger partial charge in [0.1, 0.15) is 5.82 Å². The van der Waals surface area contributed by atoms with Crippen LogP contribution in [0.1, 0.15) is 23.2 Å². The number of carbonyl (C=O) groups is 1. The van der Waals surface area contributed by atoms with Crippen LogP contribution in [0.5, 0.6) is 0 Å². The van der Waals surface area contributed by atoms with E-state index in [-0.39, 0.29) is 12.5 Å². The molecule has 0 aliphatic carbocycles. The second kappa shape index (κ2) is 7.93. The van der Waals surface area contributed by atoms with Gasteiger partial charge in [-0.1, -0.05) is 0 Å². The lowest BCUT2D eigenvalue weighted by Crippen LogP contribution is -2.35. The molecule has 0 atom stereocenters. The van der Waals surface area contributed by atoms with Gasteiger partial charge in [0.15, 0.2) is 5.82 Å². The number of nitrogens with zero attached hydrogens (tertiary/aromatic N) is 2. The average molecular weight is 408 g/mol. The largest absolute Gasteiger partial charge is 0.396 e. The highest BCUT2D eigenvalue weighted by Crippen LogP contribution is 2.28. The lowest BCUT2D eigenvalue weighted by Gasteiger charge is -2.33. The number of amides is 1. The Balaban J connectivity index is 1.78. The molecule has 132 valence electrons. The first kappa shape index (κ1) is 17.8. The molecule has 0 radical (unpaired) electrons. The fraction of sp³-hybridized carbons (Fsp3) is 0.333. The number of aromatic nitrogens is 1. The molecule has 1 fully saturated rings. The summed E-state index contributed by atoms with van der Waals surface area (Å²) in [6.07, 6.45) is 3.48. The van der Waals surface area contributed by atoms with Crippen LogP contribution < -0.4 is 10.2 Å². The van der Waals surface area contributed by atoms with Crippen molar-refractivity contribution in [1.29, 1.82) is 0 Å². The van der Waals surface area contributed by atoms with Gasteiger partial charge in [0.25, 0.3) is 5.91 Å². The van der Waals surface area contributed by atoms with Crippen LogP contribution >= 0.6 is 15.9 Å². The smallest absolute Gasteiger partial charge is 0.256 e. The van der Waals surface area contributed by atoms with Crippen LogP contribution in [-0.2, 0) is 0 Å². The molecule has 2 heterocycles. The molecule has 1 saturated heterocycles. The monoisotopic (exact) mass is 407 g/mol. The molecule has 0 unspecified atom stereocenters. The second-order valence-corrected chi connectivity index (χ2v) is 6.92. The molecule has 3 rings (SSSR count). The molecule has 5 nitrogen and oxygen atoms in total. The first-order valence-electron chi connectivity index (χ1n) is 8.15. The van der Waals surface area contributed by atoms with Gasteiger partial charge in [-0.05, 0) is 65.0 Å². The Morgan fingerprint density at radius 1 is 1.36 bits per heavy atom. The van der Waals surface area contributed by atoms with Crippen molar-refractivity contribution in [3.8, 4) is 0 Å². The number of halogens is 2. The number of benzene rings is 1. The van der Waals surface area contributed by atoms with Crippen LogP contribution in [0, 0.1) is 11.7 Å². The number of piperidine rings is 1. The Morgan fingerprint density at radius 2 is 2.12 bits per heavy atom. The van der Waals surface area contributed by atoms with Crippen LogP contribution in [0.3, 0.4) is 0 Å². The van der Waals surface area contributed by atoms with Crippen LogP contribution in [0.4, 0.5) is 15.9 Å². The normalized spacial score (nSPS) is 15.2. The maximum atomic E-state index is 13.2. The molecule has 1 amide bonds. The summed E-state index contributed by atoms with van der Waals surface area (Å²) in [6.45, 7) is 1.77. The summed E-state index contributed by atoms with van der Waals surface area (Å²) in [6, 6.07) is 7.52. The standard InChI is InChI=1S/C18H19BrFN3O2/c19-15-10-13(20)3-4-14(15)18(25)22-16-2-1-7-21-17(16)23-8-5-12(11-24)6-9-23/h1-4,7,10,12,24H,5-6,8-9,11H2,(H,22,25). The van der Waals surface area contributed by atoms with Crippen molar-refractivity contribution >= 4 is 33.3 Å². The fourth-order valence-electron chi connectivity index (χ4n) is 2.94. The third-order valence-corrected chi connectivity index (χ3v) is 5.04. The van der Waals surface area contributed by atoms with E-state index in [2.05, 4.69) is 31.1 Å². The van der Waals surface area contributed by atoms with E-state index >= 15 is 0 Å².